The van der Waals surface area contributed by atoms with E-state index in [4.69, 9.17) is 4.84 Å². The summed E-state index contributed by atoms with van der Waals surface area (Å²) >= 11 is 0. The normalized spacial score (nSPS) is 48.4. The van der Waals surface area contributed by atoms with E-state index in [1.54, 1.807) is 12.7 Å². The minimum Gasteiger partial charge on any atom is -0.399 e. The minimum atomic E-state index is 0.416. The molecule has 0 heterocycles. The zero-order chi connectivity index (χ0) is 15.4. The van der Waals surface area contributed by atoms with Crippen LogP contribution < -0.4 is 0 Å². The molecular weight excluding hydrogens is 270 g/mol. The van der Waals surface area contributed by atoms with Crippen LogP contribution in [0.3, 0.4) is 0 Å². The van der Waals surface area contributed by atoms with E-state index in [0.29, 0.717) is 10.8 Å². The Morgan fingerprint density at radius 2 is 2.00 bits per heavy atom. The molecule has 0 bridgehead atoms. The molecule has 2 nitrogen and oxygen atoms in total. The maximum atomic E-state index is 5.01. The first-order chi connectivity index (χ1) is 10.6. The van der Waals surface area contributed by atoms with Crippen LogP contribution in [0, 0.1) is 28.6 Å². The Kier molecular flexibility index (Phi) is 3.29. The maximum absolute atomic E-state index is 5.01. The second-order valence-corrected chi connectivity index (χ2v) is 8.45. The minimum absolute atomic E-state index is 0.416. The van der Waals surface area contributed by atoms with E-state index in [0.717, 1.165) is 29.9 Å². The summed E-state index contributed by atoms with van der Waals surface area (Å²) in [6, 6.07) is 0. The average molecular weight is 299 g/mol. The first-order valence-electron chi connectivity index (χ1n) is 9.06. The summed E-state index contributed by atoms with van der Waals surface area (Å²) in [6.07, 6.45) is 16.5. The standard InChI is InChI=1S/C20H29NO/c1-19-10-4-5-17(19)16-7-6-14-13-15(21-22-3)8-12-20(14,2)18(16)9-11-19/h4,10,13,16-18H,5-9,11-12H2,1-3H3/b21-15+/t16-,17-,18-,19-,20-/m0/s1. The maximum Gasteiger partial charge on any atom is 0.106 e. The molecule has 0 N–H and O–H groups in total. The molecule has 2 fully saturated rings. The highest BCUT2D eigenvalue weighted by molar-refractivity contribution is 5.96. The van der Waals surface area contributed by atoms with E-state index < -0.39 is 0 Å². The summed E-state index contributed by atoms with van der Waals surface area (Å²) < 4.78 is 0. The van der Waals surface area contributed by atoms with Crippen LogP contribution in [0.4, 0.5) is 0 Å². The molecule has 5 atom stereocenters. The Balaban J connectivity index is 1.65. The molecule has 0 spiro atoms. The lowest BCUT2D eigenvalue weighted by molar-refractivity contribution is -0.0221. The lowest BCUT2D eigenvalue weighted by Crippen LogP contribution is -2.49. The molecule has 0 aromatic rings. The molecule has 0 aromatic carbocycles. The number of fused-ring (bicyclic) bond motifs is 5. The summed E-state index contributed by atoms with van der Waals surface area (Å²) in [7, 11) is 1.66. The van der Waals surface area contributed by atoms with E-state index in [9.17, 15) is 0 Å². The molecule has 0 saturated heterocycles. The molecule has 120 valence electrons. The quantitative estimate of drug-likeness (QED) is 0.486. The van der Waals surface area contributed by atoms with Crippen molar-refractivity contribution in [2.45, 2.75) is 58.8 Å². The van der Waals surface area contributed by atoms with E-state index in [2.05, 4.69) is 37.2 Å². The van der Waals surface area contributed by atoms with Crippen LogP contribution in [0.15, 0.2) is 29.0 Å². The predicted molar refractivity (Wildman–Crippen MR) is 90.7 cm³/mol. The van der Waals surface area contributed by atoms with E-state index in [1.165, 1.54) is 38.5 Å². The third-order valence-corrected chi connectivity index (χ3v) is 7.51. The van der Waals surface area contributed by atoms with Gasteiger partial charge in [0.25, 0.3) is 0 Å². The Morgan fingerprint density at radius 3 is 2.82 bits per heavy atom. The van der Waals surface area contributed by atoms with E-state index >= 15 is 0 Å². The lowest BCUT2D eigenvalue weighted by Gasteiger charge is -2.57. The smallest absolute Gasteiger partial charge is 0.106 e. The molecule has 0 radical (unpaired) electrons. The molecule has 0 unspecified atom stereocenters. The van der Waals surface area contributed by atoms with Crippen LogP contribution in [0.2, 0.25) is 0 Å². The third-order valence-electron chi connectivity index (χ3n) is 7.51. The molecule has 2 saturated carbocycles. The van der Waals surface area contributed by atoms with Gasteiger partial charge in [-0.1, -0.05) is 36.7 Å². The predicted octanol–water partition coefficient (Wildman–Crippen LogP) is 5.12. The first-order valence-corrected chi connectivity index (χ1v) is 9.06. The van der Waals surface area contributed by atoms with Crippen molar-refractivity contribution >= 4 is 5.71 Å². The van der Waals surface area contributed by atoms with Crippen molar-refractivity contribution < 1.29 is 4.84 Å². The first kappa shape index (κ1) is 14.5. The van der Waals surface area contributed by atoms with Crippen molar-refractivity contribution in [3.8, 4) is 0 Å². The molecular formula is C20H29NO. The molecule has 4 aliphatic carbocycles. The third kappa shape index (κ3) is 1.95. The molecule has 4 aliphatic rings. The lowest BCUT2D eigenvalue weighted by atomic mass is 9.47. The van der Waals surface area contributed by atoms with Gasteiger partial charge in [-0.05, 0) is 79.6 Å². The van der Waals surface area contributed by atoms with Crippen molar-refractivity contribution in [1.29, 1.82) is 0 Å². The van der Waals surface area contributed by atoms with Crippen LogP contribution in [0.1, 0.15) is 58.8 Å². The largest absolute Gasteiger partial charge is 0.399 e. The van der Waals surface area contributed by atoms with Crippen LogP contribution >= 0.6 is 0 Å². The second kappa shape index (κ2) is 4.97. The number of hydrogen-bond acceptors (Lipinski definition) is 2. The summed E-state index contributed by atoms with van der Waals surface area (Å²) in [4.78, 5) is 5.01. The summed E-state index contributed by atoms with van der Waals surface area (Å²) in [6.45, 7) is 5.06. The van der Waals surface area contributed by atoms with Gasteiger partial charge in [0.1, 0.15) is 7.11 Å². The summed E-state index contributed by atoms with van der Waals surface area (Å²) in [5.41, 5.74) is 3.72. The zero-order valence-corrected chi connectivity index (χ0v) is 14.3. The van der Waals surface area contributed by atoms with Gasteiger partial charge in [-0.25, -0.2) is 0 Å². The zero-order valence-electron chi connectivity index (χ0n) is 14.3. The van der Waals surface area contributed by atoms with Gasteiger partial charge < -0.3 is 4.84 Å². The van der Waals surface area contributed by atoms with Gasteiger partial charge in [-0.3, -0.25) is 0 Å². The van der Waals surface area contributed by atoms with Gasteiger partial charge in [-0.2, -0.15) is 0 Å². The SMILES string of the molecule is CO/N=C1/C=C2CC[C@H]3[C@@H]4CC=C[C@@]4(C)CC[C@@H]3[C@@]2(C)CC1. The van der Waals surface area contributed by atoms with Crippen LogP contribution in [0.5, 0.6) is 0 Å². The summed E-state index contributed by atoms with van der Waals surface area (Å²) in [5, 5.41) is 4.20. The van der Waals surface area contributed by atoms with Crippen LogP contribution in [-0.2, 0) is 4.84 Å². The Bertz CT molecular complexity index is 560. The van der Waals surface area contributed by atoms with Gasteiger partial charge in [0.05, 0.1) is 5.71 Å². The molecule has 0 amide bonds. The Labute approximate surface area is 134 Å². The Hall–Kier alpha value is -1.05. The molecule has 4 rings (SSSR count). The fraction of sp³-hybridized carbons (Fsp3) is 0.750. The van der Waals surface area contributed by atoms with Gasteiger partial charge in [-0.15, -0.1) is 0 Å². The van der Waals surface area contributed by atoms with Gasteiger partial charge >= 0.3 is 0 Å². The Morgan fingerprint density at radius 1 is 1.14 bits per heavy atom. The molecule has 0 aliphatic heterocycles. The van der Waals surface area contributed by atoms with Gasteiger partial charge in [0.15, 0.2) is 0 Å². The monoisotopic (exact) mass is 299 g/mol. The van der Waals surface area contributed by atoms with Crippen molar-refractivity contribution in [1.82, 2.24) is 0 Å². The number of nitrogens with zero attached hydrogens (tertiary/aromatic N) is 1. The highest BCUT2D eigenvalue weighted by Gasteiger charge is 2.54. The molecule has 2 heteroatoms. The van der Waals surface area contributed by atoms with Crippen molar-refractivity contribution in [2.24, 2.45) is 33.7 Å². The van der Waals surface area contributed by atoms with Gasteiger partial charge in [0, 0.05) is 0 Å². The number of oxime groups is 1. The number of hydrogen-bond donors (Lipinski definition) is 0. The van der Waals surface area contributed by atoms with Crippen LogP contribution in [-0.4, -0.2) is 12.8 Å². The number of allylic oxidation sites excluding steroid dienone is 4. The highest BCUT2D eigenvalue weighted by Crippen LogP contribution is 2.63. The average Bonchev–Trinajstić information content (AvgIpc) is 2.89. The van der Waals surface area contributed by atoms with Crippen molar-refractivity contribution in [2.75, 3.05) is 7.11 Å². The van der Waals surface area contributed by atoms with E-state index in [1.807, 2.05) is 0 Å². The van der Waals surface area contributed by atoms with Gasteiger partial charge in [0.2, 0.25) is 0 Å². The number of rotatable bonds is 1. The van der Waals surface area contributed by atoms with E-state index in [-0.39, 0.29) is 0 Å². The fourth-order valence-corrected chi connectivity index (χ4v) is 6.24. The topological polar surface area (TPSA) is 21.6 Å². The van der Waals surface area contributed by atoms with Crippen LogP contribution in [0.25, 0.3) is 0 Å². The second-order valence-electron chi connectivity index (χ2n) is 8.45. The van der Waals surface area contributed by atoms with Crippen molar-refractivity contribution in [3.05, 3.63) is 23.8 Å². The summed E-state index contributed by atoms with van der Waals surface area (Å²) in [5.74, 6) is 2.71. The molecule has 0 aromatic heterocycles. The molecule has 22 heavy (non-hydrogen) atoms. The highest BCUT2D eigenvalue weighted by atomic mass is 16.6. The van der Waals surface area contributed by atoms with Crippen molar-refractivity contribution in [3.63, 3.8) is 0 Å². The fourth-order valence-electron chi connectivity index (χ4n) is 6.24.